The van der Waals surface area contributed by atoms with Crippen LogP contribution in [-0.2, 0) is 0 Å². The molecule has 0 aromatic rings. The largest absolute Gasteiger partial charge is 0.147 e. The van der Waals surface area contributed by atoms with Crippen LogP contribution in [-0.4, -0.2) is 16.1 Å². The first kappa shape index (κ1) is 21.0. The van der Waals surface area contributed by atoms with Crippen molar-refractivity contribution in [1.29, 1.82) is 0 Å². The molecule has 2 fully saturated rings. The van der Waals surface area contributed by atoms with Crippen LogP contribution >= 0.6 is 23.5 Å². The van der Waals surface area contributed by atoms with Crippen LogP contribution in [0.5, 0.6) is 0 Å². The van der Waals surface area contributed by atoms with Gasteiger partial charge in [-0.1, -0.05) is 84.5 Å². The summed E-state index contributed by atoms with van der Waals surface area (Å²) >= 11 is 4.66. The first-order valence-electron chi connectivity index (χ1n) is 11.1. The summed E-state index contributed by atoms with van der Waals surface area (Å²) < 4.78 is 0.943. The van der Waals surface area contributed by atoms with Crippen molar-refractivity contribution in [3.05, 3.63) is 0 Å². The van der Waals surface area contributed by atoms with Crippen molar-refractivity contribution in [2.24, 2.45) is 17.8 Å². The zero-order valence-electron chi connectivity index (χ0n) is 16.4. The zero-order valence-corrected chi connectivity index (χ0v) is 18.1. The fraction of sp³-hybridized carbons (Fsp3) is 1.00. The highest BCUT2D eigenvalue weighted by Crippen LogP contribution is 2.45. The van der Waals surface area contributed by atoms with Gasteiger partial charge in [-0.15, -0.1) is 23.5 Å². The van der Waals surface area contributed by atoms with E-state index in [4.69, 9.17) is 0 Å². The minimum Gasteiger partial charge on any atom is -0.147 e. The molecule has 0 atom stereocenters. The maximum atomic E-state index is 2.33. The van der Waals surface area contributed by atoms with Crippen molar-refractivity contribution in [3.63, 3.8) is 0 Å². The molecular formula is C22H42S2. The lowest BCUT2D eigenvalue weighted by Crippen LogP contribution is -2.27. The van der Waals surface area contributed by atoms with Gasteiger partial charge in [0.1, 0.15) is 0 Å². The highest BCUT2D eigenvalue weighted by molar-refractivity contribution is 8.17. The van der Waals surface area contributed by atoms with Crippen molar-refractivity contribution in [2.75, 3.05) is 11.5 Å². The molecule has 1 saturated carbocycles. The summed E-state index contributed by atoms with van der Waals surface area (Å²) in [4.78, 5) is 0. The van der Waals surface area contributed by atoms with Crippen molar-refractivity contribution in [3.8, 4) is 0 Å². The minimum atomic E-state index is 0.943. The predicted molar refractivity (Wildman–Crippen MR) is 115 cm³/mol. The SMILES string of the molecule is CCCCCCC1CSC([C@H]2CC[C@H](CCCCCC)CC2)SC1. The van der Waals surface area contributed by atoms with Gasteiger partial charge in [-0.05, 0) is 48.5 Å². The van der Waals surface area contributed by atoms with Crippen molar-refractivity contribution in [2.45, 2.75) is 108 Å². The van der Waals surface area contributed by atoms with Crippen LogP contribution in [0.2, 0.25) is 0 Å². The minimum absolute atomic E-state index is 0.943. The molecular weight excluding hydrogens is 328 g/mol. The topological polar surface area (TPSA) is 0 Å². The Hall–Kier alpha value is 0.700. The third kappa shape index (κ3) is 7.94. The lowest BCUT2D eigenvalue weighted by atomic mass is 9.80. The molecule has 0 bridgehead atoms. The summed E-state index contributed by atoms with van der Waals surface area (Å²) in [5.74, 6) is 6.04. The second-order valence-electron chi connectivity index (χ2n) is 8.38. The van der Waals surface area contributed by atoms with Gasteiger partial charge in [0.2, 0.25) is 0 Å². The standard InChI is InChI=1S/C22H42S2/c1-3-5-7-9-11-19-13-15-21(16-14-19)22-23-17-20(18-24-22)12-10-8-6-4-2/h19-22H,3-18H2,1-2H3/t19-,20?,21-,22?. The zero-order chi connectivity index (χ0) is 17.0. The molecule has 1 aliphatic carbocycles. The van der Waals surface area contributed by atoms with Crippen molar-refractivity contribution in [1.82, 2.24) is 0 Å². The molecule has 0 N–H and O–H groups in total. The number of rotatable bonds is 11. The van der Waals surface area contributed by atoms with Gasteiger partial charge in [-0.2, -0.15) is 0 Å². The van der Waals surface area contributed by atoms with Gasteiger partial charge in [0.05, 0.1) is 4.58 Å². The molecule has 0 unspecified atom stereocenters. The second kappa shape index (κ2) is 13.0. The van der Waals surface area contributed by atoms with E-state index in [9.17, 15) is 0 Å². The summed E-state index contributed by atoms with van der Waals surface area (Å²) in [5, 5.41) is 0. The second-order valence-corrected chi connectivity index (χ2v) is 11.0. The fourth-order valence-electron chi connectivity index (χ4n) is 4.47. The van der Waals surface area contributed by atoms with Gasteiger partial charge in [-0.25, -0.2) is 0 Å². The van der Waals surface area contributed by atoms with Crippen LogP contribution in [0.3, 0.4) is 0 Å². The maximum Gasteiger partial charge on any atom is 0.0530 e. The average molecular weight is 371 g/mol. The van der Waals surface area contributed by atoms with Crippen LogP contribution in [0.25, 0.3) is 0 Å². The van der Waals surface area contributed by atoms with E-state index < -0.39 is 0 Å². The molecule has 0 aromatic heterocycles. The fourth-order valence-corrected chi connectivity index (χ4v) is 8.05. The Morgan fingerprint density at radius 1 is 0.625 bits per heavy atom. The van der Waals surface area contributed by atoms with Gasteiger partial charge in [0.25, 0.3) is 0 Å². The average Bonchev–Trinajstić information content (AvgIpc) is 2.64. The summed E-state index contributed by atoms with van der Waals surface area (Å²) in [7, 11) is 0. The first-order valence-corrected chi connectivity index (χ1v) is 13.2. The maximum absolute atomic E-state index is 2.33. The van der Waals surface area contributed by atoms with E-state index in [1.165, 1.54) is 101 Å². The van der Waals surface area contributed by atoms with E-state index in [1.54, 1.807) is 0 Å². The lowest BCUT2D eigenvalue weighted by Gasteiger charge is -2.37. The quantitative estimate of drug-likeness (QED) is 0.336. The molecule has 2 heteroatoms. The molecule has 142 valence electrons. The number of hydrogen-bond acceptors (Lipinski definition) is 2. The normalized spacial score (nSPS) is 31.2. The van der Waals surface area contributed by atoms with Crippen LogP contribution < -0.4 is 0 Å². The Morgan fingerprint density at radius 3 is 1.71 bits per heavy atom. The predicted octanol–water partition coefficient (Wildman–Crippen LogP) is 8.16. The van der Waals surface area contributed by atoms with Crippen LogP contribution in [0.4, 0.5) is 0 Å². The van der Waals surface area contributed by atoms with Gasteiger partial charge in [-0.3, -0.25) is 0 Å². The molecule has 2 rings (SSSR count). The Morgan fingerprint density at radius 2 is 1.17 bits per heavy atom. The third-order valence-corrected chi connectivity index (χ3v) is 9.77. The monoisotopic (exact) mass is 370 g/mol. The van der Waals surface area contributed by atoms with E-state index in [2.05, 4.69) is 37.4 Å². The number of unbranched alkanes of at least 4 members (excludes halogenated alkanes) is 6. The number of hydrogen-bond donors (Lipinski definition) is 0. The molecule has 0 amide bonds. The smallest absolute Gasteiger partial charge is 0.0530 e. The third-order valence-electron chi connectivity index (χ3n) is 6.20. The summed E-state index contributed by atoms with van der Waals surface area (Å²) in [6.45, 7) is 4.64. The first-order chi connectivity index (χ1) is 11.8. The number of thioether (sulfide) groups is 2. The van der Waals surface area contributed by atoms with E-state index in [0.29, 0.717) is 0 Å². The molecule has 0 radical (unpaired) electrons. The van der Waals surface area contributed by atoms with Crippen LogP contribution in [0, 0.1) is 17.8 Å². The lowest BCUT2D eigenvalue weighted by molar-refractivity contribution is 0.269. The summed E-state index contributed by atoms with van der Waals surface area (Å²) in [5.41, 5.74) is 0. The Kier molecular flexibility index (Phi) is 11.3. The molecule has 2 aliphatic rings. The molecule has 0 aromatic carbocycles. The highest BCUT2D eigenvalue weighted by Gasteiger charge is 2.31. The van der Waals surface area contributed by atoms with Gasteiger partial charge in [0.15, 0.2) is 0 Å². The molecule has 1 aliphatic heterocycles. The molecule has 0 spiro atoms. The van der Waals surface area contributed by atoms with Gasteiger partial charge in [0, 0.05) is 0 Å². The molecule has 0 nitrogen and oxygen atoms in total. The van der Waals surface area contributed by atoms with Crippen molar-refractivity contribution < 1.29 is 0 Å². The summed E-state index contributed by atoms with van der Waals surface area (Å²) in [6.07, 6.45) is 20.7. The molecule has 24 heavy (non-hydrogen) atoms. The summed E-state index contributed by atoms with van der Waals surface area (Å²) in [6, 6.07) is 0. The Labute approximate surface area is 161 Å². The van der Waals surface area contributed by atoms with E-state index >= 15 is 0 Å². The van der Waals surface area contributed by atoms with Crippen molar-refractivity contribution >= 4 is 23.5 Å². The van der Waals surface area contributed by atoms with Crippen LogP contribution in [0.1, 0.15) is 104 Å². The highest BCUT2D eigenvalue weighted by atomic mass is 32.2. The molecule has 1 heterocycles. The van der Waals surface area contributed by atoms with E-state index in [1.807, 2.05) is 0 Å². The molecule has 1 saturated heterocycles. The van der Waals surface area contributed by atoms with Gasteiger partial charge >= 0.3 is 0 Å². The Bertz CT molecular complexity index is 258. The van der Waals surface area contributed by atoms with Crippen LogP contribution in [0.15, 0.2) is 0 Å². The van der Waals surface area contributed by atoms with Gasteiger partial charge < -0.3 is 0 Å². The van der Waals surface area contributed by atoms with E-state index in [0.717, 1.165) is 22.3 Å². The van der Waals surface area contributed by atoms with E-state index in [-0.39, 0.29) is 0 Å². The Balaban J connectivity index is 1.54.